The zero-order valence-corrected chi connectivity index (χ0v) is 11.3. The number of nitrogens with two attached hydrogens (primary N) is 1. The molecule has 0 fully saturated rings. The number of aromatic nitrogens is 2. The highest BCUT2D eigenvalue weighted by Gasteiger charge is 2.18. The summed E-state index contributed by atoms with van der Waals surface area (Å²) < 4.78 is 7.64. The number of methoxy groups -OCH3 is 1. The molecule has 4 nitrogen and oxygen atoms in total. The number of ether oxygens (including phenoxy) is 1. The van der Waals surface area contributed by atoms with Crippen LogP contribution in [0, 0.1) is 6.92 Å². The molecule has 0 spiro atoms. The number of imidazole rings is 1. The smallest absolute Gasteiger partial charge is 0.140 e. The number of nitrogens with zero attached hydrogens (tertiary/aromatic N) is 2. The van der Waals surface area contributed by atoms with Crippen LogP contribution in [0.4, 0.5) is 0 Å². The van der Waals surface area contributed by atoms with Crippen LogP contribution >= 0.6 is 0 Å². The van der Waals surface area contributed by atoms with E-state index in [9.17, 15) is 0 Å². The fraction of sp³-hybridized carbons (Fsp3) is 0.500. The highest BCUT2D eigenvalue weighted by Crippen LogP contribution is 2.23. The van der Waals surface area contributed by atoms with Crippen LogP contribution < -0.4 is 5.73 Å². The number of hydrogen-bond donors (Lipinski definition) is 1. The molecule has 2 N–H and O–H groups in total. The molecule has 1 unspecified atom stereocenters. The molecule has 98 valence electrons. The van der Waals surface area contributed by atoms with Gasteiger partial charge in [-0.3, -0.25) is 0 Å². The average Bonchev–Trinajstić information content (AvgIpc) is 2.70. The SMILES string of the molecule is CCCn1c(C(CN)OC)nc2cc(C)ccc21. The number of aryl methyl sites for hydroxylation is 2. The van der Waals surface area contributed by atoms with Crippen LogP contribution in [0.5, 0.6) is 0 Å². The molecule has 0 saturated heterocycles. The van der Waals surface area contributed by atoms with Crippen molar-refractivity contribution in [3.8, 4) is 0 Å². The molecule has 4 heteroatoms. The molecule has 1 aromatic heterocycles. The minimum Gasteiger partial charge on any atom is -0.372 e. The number of hydrogen-bond acceptors (Lipinski definition) is 3. The number of benzene rings is 1. The molecule has 1 atom stereocenters. The average molecular weight is 247 g/mol. The van der Waals surface area contributed by atoms with Crippen LogP contribution in [0.2, 0.25) is 0 Å². The van der Waals surface area contributed by atoms with Gasteiger partial charge in [0, 0.05) is 20.2 Å². The van der Waals surface area contributed by atoms with Crippen LogP contribution in [0.1, 0.15) is 30.8 Å². The van der Waals surface area contributed by atoms with Crippen LogP contribution in [0.25, 0.3) is 11.0 Å². The monoisotopic (exact) mass is 247 g/mol. The highest BCUT2D eigenvalue weighted by atomic mass is 16.5. The highest BCUT2D eigenvalue weighted by molar-refractivity contribution is 5.77. The second-order valence-electron chi connectivity index (χ2n) is 4.57. The Morgan fingerprint density at radius 2 is 2.22 bits per heavy atom. The molecule has 2 rings (SSSR count). The van der Waals surface area contributed by atoms with E-state index in [1.807, 2.05) is 0 Å². The maximum atomic E-state index is 5.75. The molecule has 2 aromatic rings. The van der Waals surface area contributed by atoms with Crippen molar-refractivity contribution >= 4 is 11.0 Å². The van der Waals surface area contributed by atoms with E-state index in [1.54, 1.807) is 7.11 Å². The standard InChI is InChI=1S/C14H21N3O/c1-4-7-17-12-6-5-10(2)8-11(12)16-14(17)13(9-15)18-3/h5-6,8,13H,4,7,9,15H2,1-3H3. The van der Waals surface area contributed by atoms with Gasteiger partial charge in [-0.15, -0.1) is 0 Å². The van der Waals surface area contributed by atoms with Gasteiger partial charge in [0.25, 0.3) is 0 Å². The first-order chi connectivity index (χ1) is 8.71. The Kier molecular flexibility index (Phi) is 3.99. The van der Waals surface area contributed by atoms with E-state index in [0.717, 1.165) is 29.8 Å². The first-order valence-electron chi connectivity index (χ1n) is 6.40. The van der Waals surface area contributed by atoms with Gasteiger partial charge in [-0.2, -0.15) is 0 Å². The van der Waals surface area contributed by atoms with E-state index in [-0.39, 0.29) is 6.10 Å². The Labute approximate surface area is 108 Å². The van der Waals surface area contributed by atoms with E-state index in [2.05, 4.69) is 36.6 Å². The zero-order chi connectivity index (χ0) is 13.1. The van der Waals surface area contributed by atoms with Crippen molar-refractivity contribution in [3.05, 3.63) is 29.6 Å². The number of rotatable bonds is 5. The molecule has 1 heterocycles. The van der Waals surface area contributed by atoms with E-state index in [0.29, 0.717) is 6.54 Å². The molecule has 0 saturated carbocycles. The summed E-state index contributed by atoms with van der Waals surface area (Å²) in [6, 6.07) is 6.35. The molecule has 0 aliphatic rings. The molecular weight excluding hydrogens is 226 g/mol. The van der Waals surface area contributed by atoms with Crippen LogP contribution in [-0.4, -0.2) is 23.2 Å². The fourth-order valence-electron chi connectivity index (χ4n) is 2.27. The molecule has 1 aromatic carbocycles. The van der Waals surface area contributed by atoms with Gasteiger partial charge in [-0.1, -0.05) is 13.0 Å². The fourth-order valence-corrected chi connectivity index (χ4v) is 2.27. The predicted molar refractivity (Wildman–Crippen MR) is 73.6 cm³/mol. The third-order valence-electron chi connectivity index (χ3n) is 3.17. The summed E-state index contributed by atoms with van der Waals surface area (Å²) in [4.78, 5) is 4.69. The van der Waals surface area contributed by atoms with Crippen molar-refractivity contribution < 1.29 is 4.74 Å². The molecule has 18 heavy (non-hydrogen) atoms. The Balaban J connectivity index is 2.59. The quantitative estimate of drug-likeness (QED) is 0.882. The van der Waals surface area contributed by atoms with E-state index in [1.165, 1.54) is 5.56 Å². The minimum absolute atomic E-state index is 0.135. The Bertz CT molecular complexity index is 529. The van der Waals surface area contributed by atoms with Gasteiger partial charge in [-0.05, 0) is 31.0 Å². The lowest BCUT2D eigenvalue weighted by atomic mass is 10.2. The third kappa shape index (κ3) is 2.26. The molecule has 0 aliphatic heterocycles. The molecule has 0 aliphatic carbocycles. The summed E-state index contributed by atoms with van der Waals surface area (Å²) in [5.41, 5.74) is 9.16. The lowest BCUT2D eigenvalue weighted by Gasteiger charge is -2.15. The maximum Gasteiger partial charge on any atom is 0.140 e. The van der Waals surface area contributed by atoms with E-state index >= 15 is 0 Å². The van der Waals surface area contributed by atoms with Crippen molar-refractivity contribution in [2.75, 3.05) is 13.7 Å². The van der Waals surface area contributed by atoms with Gasteiger partial charge >= 0.3 is 0 Å². The zero-order valence-electron chi connectivity index (χ0n) is 11.3. The van der Waals surface area contributed by atoms with E-state index in [4.69, 9.17) is 15.5 Å². The Morgan fingerprint density at radius 1 is 1.44 bits per heavy atom. The first kappa shape index (κ1) is 13.1. The van der Waals surface area contributed by atoms with Crippen molar-refractivity contribution in [2.24, 2.45) is 5.73 Å². The normalized spacial score (nSPS) is 13.1. The summed E-state index contributed by atoms with van der Waals surface area (Å²) >= 11 is 0. The van der Waals surface area contributed by atoms with Crippen LogP contribution in [0.3, 0.4) is 0 Å². The Morgan fingerprint density at radius 3 is 2.83 bits per heavy atom. The lowest BCUT2D eigenvalue weighted by Crippen LogP contribution is -2.19. The van der Waals surface area contributed by atoms with Gasteiger partial charge in [0.15, 0.2) is 0 Å². The summed E-state index contributed by atoms with van der Waals surface area (Å²) in [7, 11) is 1.68. The lowest BCUT2D eigenvalue weighted by molar-refractivity contribution is 0.100. The first-order valence-corrected chi connectivity index (χ1v) is 6.40. The maximum absolute atomic E-state index is 5.75. The largest absolute Gasteiger partial charge is 0.372 e. The molecule has 0 bridgehead atoms. The summed E-state index contributed by atoms with van der Waals surface area (Å²) in [6.45, 7) is 5.63. The Hall–Kier alpha value is -1.39. The molecule has 0 radical (unpaired) electrons. The second-order valence-corrected chi connectivity index (χ2v) is 4.57. The van der Waals surface area contributed by atoms with Gasteiger partial charge in [-0.25, -0.2) is 4.98 Å². The van der Waals surface area contributed by atoms with Crippen LogP contribution in [-0.2, 0) is 11.3 Å². The summed E-state index contributed by atoms with van der Waals surface area (Å²) in [5, 5.41) is 0. The van der Waals surface area contributed by atoms with Crippen molar-refractivity contribution in [2.45, 2.75) is 32.9 Å². The molecule has 0 amide bonds. The second kappa shape index (κ2) is 5.50. The summed E-state index contributed by atoms with van der Waals surface area (Å²) in [5.74, 6) is 0.933. The van der Waals surface area contributed by atoms with Gasteiger partial charge < -0.3 is 15.0 Å². The van der Waals surface area contributed by atoms with Crippen LogP contribution in [0.15, 0.2) is 18.2 Å². The minimum atomic E-state index is -0.135. The number of fused-ring (bicyclic) bond motifs is 1. The molecular formula is C14H21N3O. The van der Waals surface area contributed by atoms with Crippen molar-refractivity contribution in [1.82, 2.24) is 9.55 Å². The van der Waals surface area contributed by atoms with Gasteiger partial charge in [0.1, 0.15) is 11.9 Å². The van der Waals surface area contributed by atoms with Gasteiger partial charge in [0.2, 0.25) is 0 Å². The summed E-state index contributed by atoms with van der Waals surface area (Å²) in [6.07, 6.45) is 0.928. The van der Waals surface area contributed by atoms with Crippen molar-refractivity contribution in [1.29, 1.82) is 0 Å². The topological polar surface area (TPSA) is 53.1 Å². The van der Waals surface area contributed by atoms with E-state index < -0.39 is 0 Å². The van der Waals surface area contributed by atoms with Gasteiger partial charge in [0.05, 0.1) is 11.0 Å². The van der Waals surface area contributed by atoms with Crippen molar-refractivity contribution in [3.63, 3.8) is 0 Å². The predicted octanol–water partition coefficient (Wildman–Crippen LogP) is 2.40. The third-order valence-corrected chi connectivity index (χ3v) is 3.17.